The number of hydrogen-bond acceptors (Lipinski definition) is 2. The number of rotatable bonds is 3. The predicted molar refractivity (Wildman–Crippen MR) is 66.5 cm³/mol. The largest absolute Gasteiger partial charge is 0.346 e. The molecule has 0 aliphatic heterocycles. The highest BCUT2D eigenvalue weighted by Crippen LogP contribution is 2.09. The molecule has 0 aliphatic rings. The Morgan fingerprint density at radius 1 is 1.26 bits per heavy atom. The molecule has 98 valence electrons. The zero-order valence-corrected chi connectivity index (χ0v) is 10.3. The van der Waals surface area contributed by atoms with E-state index in [-0.39, 0.29) is 12.1 Å². The van der Waals surface area contributed by atoms with Crippen LogP contribution in [0.4, 0.5) is 8.78 Å². The number of aromatic nitrogens is 1. The Balaban J connectivity index is 2.07. The number of nitrogens with zero attached hydrogens (tertiary/aromatic N) is 1. The van der Waals surface area contributed by atoms with Gasteiger partial charge in [0.2, 0.25) is 0 Å². The van der Waals surface area contributed by atoms with Crippen LogP contribution in [0, 0.1) is 18.6 Å². The van der Waals surface area contributed by atoms with Gasteiger partial charge in [-0.3, -0.25) is 9.78 Å². The van der Waals surface area contributed by atoms with E-state index >= 15 is 0 Å². The van der Waals surface area contributed by atoms with Gasteiger partial charge in [-0.05, 0) is 37.3 Å². The number of pyridine rings is 1. The van der Waals surface area contributed by atoms with Crippen molar-refractivity contribution in [2.24, 2.45) is 0 Å². The van der Waals surface area contributed by atoms with Crippen molar-refractivity contribution in [1.29, 1.82) is 0 Å². The van der Waals surface area contributed by atoms with Crippen LogP contribution in [0.5, 0.6) is 0 Å². The molecule has 0 radical (unpaired) electrons. The first kappa shape index (κ1) is 13.1. The fraction of sp³-hybridized carbons (Fsp3) is 0.143. The molecule has 0 aliphatic carbocycles. The van der Waals surface area contributed by atoms with Gasteiger partial charge >= 0.3 is 0 Å². The van der Waals surface area contributed by atoms with Crippen molar-refractivity contribution in [1.82, 2.24) is 10.3 Å². The molecule has 3 nitrogen and oxygen atoms in total. The zero-order chi connectivity index (χ0) is 13.8. The molecule has 2 rings (SSSR count). The summed E-state index contributed by atoms with van der Waals surface area (Å²) in [6, 6.07) is 8.15. The molecule has 0 unspecified atom stereocenters. The molecule has 5 heteroatoms. The van der Waals surface area contributed by atoms with Gasteiger partial charge in [-0.2, -0.15) is 0 Å². The summed E-state index contributed by atoms with van der Waals surface area (Å²) in [7, 11) is 0. The fourth-order valence-electron chi connectivity index (χ4n) is 1.64. The van der Waals surface area contributed by atoms with E-state index in [1.807, 2.05) is 19.1 Å². The Morgan fingerprint density at radius 2 is 2.05 bits per heavy atom. The fourth-order valence-corrected chi connectivity index (χ4v) is 1.64. The molecule has 1 heterocycles. The maximum absolute atomic E-state index is 13.4. The van der Waals surface area contributed by atoms with Gasteiger partial charge in [-0.15, -0.1) is 0 Å². The highest BCUT2D eigenvalue weighted by molar-refractivity contribution is 5.94. The molecule has 0 bridgehead atoms. The van der Waals surface area contributed by atoms with Crippen molar-refractivity contribution < 1.29 is 13.6 Å². The summed E-state index contributed by atoms with van der Waals surface area (Å²) >= 11 is 0. The van der Waals surface area contributed by atoms with Gasteiger partial charge in [0.1, 0.15) is 11.6 Å². The summed E-state index contributed by atoms with van der Waals surface area (Å²) in [4.78, 5) is 15.9. The molecule has 1 N–H and O–H groups in total. The second-order valence-electron chi connectivity index (χ2n) is 4.08. The first-order valence-corrected chi connectivity index (χ1v) is 5.72. The predicted octanol–water partition coefficient (Wildman–Crippen LogP) is 2.60. The second kappa shape index (κ2) is 5.56. The van der Waals surface area contributed by atoms with Gasteiger partial charge < -0.3 is 5.32 Å². The second-order valence-corrected chi connectivity index (χ2v) is 4.08. The van der Waals surface area contributed by atoms with Crippen LogP contribution in [0.1, 0.15) is 21.7 Å². The SMILES string of the molecule is Cc1cccc(CNC(=O)c2cc(F)ccc2F)n1. The lowest BCUT2D eigenvalue weighted by Crippen LogP contribution is -2.24. The van der Waals surface area contributed by atoms with Crippen molar-refractivity contribution in [3.63, 3.8) is 0 Å². The molecule has 1 aromatic heterocycles. The smallest absolute Gasteiger partial charge is 0.254 e. The summed E-state index contributed by atoms with van der Waals surface area (Å²) < 4.78 is 26.3. The quantitative estimate of drug-likeness (QED) is 0.923. The standard InChI is InChI=1S/C14H12F2N2O/c1-9-3-2-4-11(18-9)8-17-14(19)12-7-10(15)5-6-13(12)16/h2-7H,8H2,1H3,(H,17,19). The highest BCUT2D eigenvalue weighted by atomic mass is 19.1. The maximum Gasteiger partial charge on any atom is 0.254 e. The van der Waals surface area contributed by atoms with Gasteiger partial charge in [0.15, 0.2) is 0 Å². The number of amides is 1. The molecule has 0 saturated heterocycles. The van der Waals surface area contributed by atoms with Crippen LogP contribution in [0.3, 0.4) is 0 Å². The van der Waals surface area contributed by atoms with Crippen molar-refractivity contribution in [2.75, 3.05) is 0 Å². The van der Waals surface area contributed by atoms with Crippen LogP contribution in [-0.4, -0.2) is 10.9 Å². The summed E-state index contributed by atoms with van der Waals surface area (Å²) in [5, 5.41) is 2.50. The van der Waals surface area contributed by atoms with Gasteiger partial charge in [0.05, 0.1) is 17.8 Å². The zero-order valence-electron chi connectivity index (χ0n) is 10.3. The number of carbonyl (C=O) groups is 1. The molecule has 0 fully saturated rings. The average molecular weight is 262 g/mol. The topological polar surface area (TPSA) is 42.0 Å². The Kier molecular flexibility index (Phi) is 3.85. The summed E-state index contributed by atoms with van der Waals surface area (Å²) in [6.45, 7) is 1.99. The van der Waals surface area contributed by atoms with Crippen LogP contribution in [0.2, 0.25) is 0 Å². The van der Waals surface area contributed by atoms with Crippen molar-refractivity contribution in [3.05, 3.63) is 65.0 Å². The first-order chi connectivity index (χ1) is 9.06. The minimum absolute atomic E-state index is 0.163. The third kappa shape index (κ3) is 3.34. The van der Waals surface area contributed by atoms with Crippen molar-refractivity contribution >= 4 is 5.91 Å². The Hall–Kier alpha value is -2.30. The van der Waals surface area contributed by atoms with E-state index in [1.54, 1.807) is 6.07 Å². The lowest BCUT2D eigenvalue weighted by atomic mass is 10.2. The van der Waals surface area contributed by atoms with Gasteiger partial charge in [-0.25, -0.2) is 8.78 Å². The van der Waals surface area contributed by atoms with E-state index in [2.05, 4.69) is 10.3 Å². The van der Waals surface area contributed by atoms with Crippen LogP contribution in [0.25, 0.3) is 0 Å². The molecule has 0 atom stereocenters. The number of nitrogens with one attached hydrogen (secondary N) is 1. The van der Waals surface area contributed by atoms with E-state index in [0.717, 1.165) is 23.9 Å². The lowest BCUT2D eigenvalue weighted by molar-refractivity contribution is 0.0946. The summed E-state index contributed by atoms with van der Waals surface area (Å²) in [5.74, 6) is -2.07. The summed E-state index contributed by atoms with van der Waals surface area (Å²) in [5.41, 5.74) is 1.17. The number of halogens is 2. The van der Waals surface area contributed by atoms with Crippen LogP contribution in [-0.2, 0) is 6.54 Å². The van der Waals surface area contributed by atoms with Gasteiger partial charge in [-0.1, -0.05) is 6.07 Å². The molecule has 1 amide bonds. The average Bonchev–Trinajstić information content (AvgIpc) is 2.39. The van der Waals surface area contributed by atoms with E-state index < -0.39 is 17.5 Å². The summed E-state index contributed by atoms with van der Waals surface area (Å²) in [6.07, 6.45) is 0. The van der Waals surface area contributed by atoms with E-state index in [4.69, 9.17) is 0 Å². The minimum Gasteiger partial charge on any atom is -0.346 e. The van der Waals surface area contributed by atoms with Crippen LogP contribution >= 0.6 is 0 Å². The van der Waals surface area contributed by atoms with Crippen LogP contribution < -0.4 is 5.32 Å². The number of benzene rings is 1. The normalized spacial score (nSPS) is 10.3. The molecule has 19 heavy (non-hydrogen) atoms. The monoisotopic (exact) mass is 262 g/mol. The van der Waals surface area contributed by atoms with Crippen LogP contribution in [0.15, 0.2) is 36.4 Å². The molecular weight excluding hydrogens is 250 g/mol. The van der Waals surface area contributed by atoms with E-state index in [1.165, 1.54) is 0 Å². The number of aryl methyl sites for hydroxylation is 1. The van der Waals surface area contributed by atoms with E-state index in [0.29, 0.717) is 5.69 Å². The van der Waals surface area contributed by atoms with Gasteiger partial charge in [0, 0.05) is 5.69 Å². The molecule has 0 saturated carbocycles. The molecule has 1 aromatic carbocycles. The number of hydrogen-bond donors (Lipinski definition) is 1. The van der Waals surface area contributed by atoms with E-state index in [9.17, 15) is 13.6 Å². The highest BCUT2D eigenvalue weighted by Gasteiger charge is 2.12. The van der Waals surface area contributed by atoms with Gasteiger partial charge in [0.25, 0.3) is 5.91 Å². The molecule has 2 aromatic rings. The Morgan fingerprint density at radius 3 is 2.79 bits per heavy atom. The molecule has 0 spiro atoms. The first-order valence-electron chi connectivity index (χ1n) is 5.72. The third-order valence-corrected chi connectivity index (χ3v) is 2.55. The Bertz CT molecular complexity index is 614. The minimum atomic E-state index is -0.754. The maximum atomic E-state index is 13.4. The van der Waals surface area contributed by atoms with Crippen molar-refractivity contribution in [3.8, 4) is 0 Å². The number of carbonyl (C=O) groups excluding carboxylic acids is 1. The molecular formula is C14H12F2N2O. The lowest BCUT2D eigenvalue weighted by Gasteiger charge is -2.06. The Labute approximate surface area is 109 Å². The third-order valence-electron chi connectivity index (χ3n) is 2.55. The van der Waals surface area contributed by atoms with Crippen molar-refractivity contribution in [2.45, 2.75) is 13.5 Å².